The standard InChI is InChI=1S/C19H25N3O2/c1-14-7-9-22(10-8-14)13-17-5-3-16(4-6-17)12-20-19(23)18-11-15(2)24-21-18/h3-6,11,14H,7-10,12-13H2,1-2H3,(H,20,23). The molecule has 5 heteroatoms. The number of amides is 1. The van der Waals surface area contributed by atoms with Gasteiger partial charge in [0.1, 0.15) is 5.76 Å². The maximum Gasteiger partial charge on any atom is 0.273 e. The second kappa shape index (κ2) is 7.62. The van der Waals surface area contributed by atoms with E-state index in [1.807, 2.05) is 0 Å². The molecule has 1 amide bonds. The zero-order chi connectivity index (χ0) is 16.9. The quantitative estimate of drug-likeness (QED) is 0.916. The number of aromatic nitrogens is 1. The van der Waals surface area contributed by atoms with Gasteiger partial charge in [0, 0.05) is 19.2 Å². The van der Waals surface area contributed by atoms with E-state index in [9.17, 15) is 4.79 Å². The monoisotopic (exact) mass is 327 g/mol. The molecule has 3 rings (SSSR count). The molecule has 0 aliphatic carbocycles. The molecular formula is C19H25N3O2. The van der Waals surface area contributed by atoms with Crippen molar-refractivity contribution >= 4 is 5.91 Å². The second-order valence-electron chi connectivity index (χ2n) is 6.78. The highest BCUT2D eigenvalue weighted by Gasteiger charge is 2.15. The third-order valence-electron chi connectivity index (χ3n) is 4.62. The van der Waals surface area contributed by atoms with Gasteiger partial charge >= 0.3 is 0 Å². The zero-order valence-corrected chi connectivity index (χ0v) is 14.4. The van der Waals surface area contributed by atoms with Gasteiger partial charge in [-0.05, 0) is 49.9 Å². The number of nitrogens with zero attached hydrogens (tertiary/aromatic N) is 2. The molecule has 5 nitrogen and oxygen atoms in total. The molecule has 24 heavy (non-hydrogen) atoms. The van der Waals surface area contributed by atoms with Crippen LogP contribution in [0, 0.1) is 12.8 Å². The van der Waals surface area contributed by atoms with Gasteiger partial charge < -0.3 is 9.84 Å². The normalized spacial score (nSPS) is 16.2. The lowest BCUT2D eigenvalue weighted by Crippen LogP contribution is -2.32. The van der Waals surface area contributed by atoms with E-state index in [0.717, 1.165) is 18.0 Å². The third kappa shape index (κ3) is 4.45. The predicted octanol–water partition coefficient (Wildman–Crippen LogP) is 3.14. The molecule has 1 aliphatic heterocycles. The molecule has 1 aromatic carbocycles. The van der Waals surface area contributed by atoms with Gasteiger partial charge in [-0.1, -0.05) is 36.3 Å². The Morgan fingerprint density at radius 1 is 1.25 bits per heavy atom. The molecule has 0 unspecified atom stereocenters. The fraction of sp³-hybridized carbons (Fsp3) is 0.474. The van der Waals surface area contributed by atoms with Crippen LogP contribution < -0.4 is 5.32 Å². The topological polar surface area (TPSA) is 58.4 Å². The number of carbonyl (C=O) groups excluding carboxylic acids is 1. The Labute approximate surface area is 143 Å². The summed E-state index contributed by atoms with van der Waals surface area (Å²) in [6.07, 6.45) is 2.59. The lowest BCUT2D eigenvalue weighted by Gasteiger charge is -2.30. The molecule has 2 heterocycles. The maximum atomic E-state index is 11.9. The fourth-order valence-electron chi connectivity index (χ4n) is 2.99. The van der Waals surface area contributed by atoms with E-state index in [0.29, 0.717) is 18.0 Å². The average Bonchev–Trinajstić information content (AvgIpc) is 3.03. The van der Waals surface area contributed by atoms with E-state index in [1.54, 1.807) is 13.0 Å². The number of hydrogen-bond donors (Lipinski definition) is 1. The molecule has 0 atom stereocenters. The van der Waals surface area contributed by atoms with Gasteiger partial charge in [-0.2, -0.15) is 0 Å². The number of hydrogen-bond acceptors (Lipinski definition) is 4. The van der Waals surface area contributed by atoms with Crippen LogP contribution in [0.1, 0.15) is 47.1 Å². The number of carbonyl (C=O) groups is 1. The Balaban J connectivity index is 1.48. The number of benzene rings is 1. The van der Waals surface area contributed by atoms with E-state index in [-0.39, 0.29) is 5.91 Å². The fourth-order valence-corrected chi connectivity index (χ4v) is 2.99. The average molecular weight is 327 g/mol. The first-order chi connectivity index (χ1) is 11.6. The maximum absolute atomic E-state index is 11.9. The Bertz CT molecular complexity index is 670. The smallest absolute Gasteiger partial charge is 0.273 e. The number of piperidine rings is 1. The Kier molecular flexibility index (Phi) is 5.30. The molecule has 1 aliphatic rings. The van der Waals surface area contributed by atoms with Crippen molar-refractivity contribution < 1.29 is 9.32 Å². The third-order valence-corrected chi connectivity index (χ3v) is 4.62. The first-order valence-corrected chi connectivity index (χ1v) is 8.62. The summed E-state index contributed by atoms with van der Waals surface area (Å²) >= 11 is 0. The number of likely N-dealkylation sites (tertiary alicyclic amines) is 1. The Morgan fingerprint density at radius 2 is 1.92 bits per heavy atom. The SMILES string of the molecule is Cc1cc(C(=O)NCc2ccc(CN3CCC(C)CC3)cc2)no1. The van der Waals surface area contributed by atoms with Crippen LogP contribution in [0.3, 0.4) is 0 Å². The van der Waals surface area contributed by atoms with Crippen LogP contribution in [0.25, 0.3) is 0 Å². The van der Waals surface area contributed by atoms with E-state index in [1.165, 1.54) is 31.5 Å². The summed E-state index contributed by atoms with van der Waals surface area (Å²) in [4.78, 5) is 14.5. The molecule has 128 valence electrons. The molecule has 0 saturated carbocycles. The molecule has 1 N–H and O–H groups in total. The number of nitrogens with one attached hydrogen (secondary N) is 1. The van der Waals surface area contributed by atoms with Crippen molar-refractivity contribution in [3.63, 3.8) is 0 Å². The summed E-state index contributed by atoms with van der Waals surface area (Å²) in [6.45, 7) is 7.99. The van der Waals surface area contributed by atoms with Gasteiger partial charge in [-0.25, -0.2) is 0 Å². The van der Waals surface area contributed by atoms with Crippen LogP contribution in [0.2, 0.25) is 0 Å². The molecular weight excluding hydrogens is 302 g/mol. The van der Waals surface area contributed by atoms with E-state index in [4.69, 9.17) is 4.52 Å². The van der Waals surface area contributed by atoms with Crippen molar-refractivity contribution in [2.45, 2.75) is 39.8 Å². The largest absolute Gasteiger partial charge is 0.361 e. The predicted molar refractivity (Wildman–Crippen MR) is 92.5 cm³/mol. The minimum absolute atomic E-state index is 0.210. The minimum atomic E-state index is -0.210. The van der Waals surface area contributed by atoms with E-state index in [2.05, 4.69) is 46.6 Å². The lowest BCUT2D eigenvalue weighted by atomic mass is 9.99. The summed E-state index contributed by atoms with van der Waals surface area (Å²) in [5, 5.41) is 6.58. The molecule has 0 bridgehead atoms. The van der Waals surface area contributed by atoms with Crippen molar-refractivity contribution in [1.82, 2.24) is 15.4 Å². The van der Waals surface area contributed by atoms with Crippen LogP contribution in [-0.4, -0.2) is 29.1 Å². The van der Waals surface area contributed by atoms with Crippen LogP contribution in [0.4, 0.5) is 0 Å². The van der Waals surface area contributed by atoms with Crippen LogP contribution >= 0.6 is 0 Å². The summed E-state index contributed by atoms with van der Waals surface area (Å²) < 4.78 is 4.92. The van der Waals surface area contributed by atoms with E-state index >= 15 is 0 Å². The number of aryl methyl sites for hydroxylation is 1. The molecule has 1 aromatic heterocycles. The number of rotatable bonds is 5. The molecule has 2 aromatic rings. The molecule has 0 spiro atoms. The zero-order valence-electron chi connectivity index (χ0n) is 14.4. The van der Waals surface area contributed by atoms with Gasteiger partial charge in [0.2, 0.25) is 0 Å². The Morgan fingerprint density at radius 3 is 2.54 bits per heavy atom. The van der Waals surface area contributed by atoms with Gasteiger partial charge in [-0.15, -0.1) is 0 Å². The van der Waals surface area contributed by atoms with Crippen LogP contribution in [0.15, 0.2) is 34.9 Å². The van der Waals surface area contributed by atoms with Gasteiger partial charge in [0.15, 0.2) is 5.69 Å². The van der Waals surface area contributed by atoms with Crippen LogP contribution in [0.5, 0.6) is 0 Å². The second-order valence-corrected chi connectivity index (χ2v) is 6.78. The van der Waals surface area contributed by atoms with Gasteiger partial charge in [-0.3, -0.25) is 9.69 Å². The summed E-state index contributed by atoms with van der Waals surface area (Å²) in [5.41, 5.74) is 2.73. The summed E-state index contributed by atoms with van der Waals surface area (Å²) in [7, 11) is 0. The van der Waals surface area contributed by atoms with Crippen molar-refractivity contribution in [2.24, 2.45) is 5.92 Å². The summed E-state index contributed by atoms with van der Waals surface area (Å²) in [6, 6.07) is 10.1. The molecule has 1 fully saturated rings. The first kappa shape index (κ1) is 16.7. The molecule has 0 radical (unpaired) electrons. The van der Waals surface area contributed by atoms with Crippen LogP contribution in [-0.2, 0) is 13.1 Å². The van der Waals surface area contributed by atoms with Gasteiger partial charge in [0.05, 0.1) is 0 Å². The lowest BCUT2D eigenvalue weighted by molar-refractivity contribution is 0.0942. The highest BCUT2D eigenvalue weighted by atomic mass is 16.5. The Hall–Kier alpha value is -2.14. The van der Waals surface area contributed by atoms with Crippen molar-refractivity contribution in [1.29, 1.82) is 0 Å². The summed E-state index contributed by atoms with van der Waals surface area (Å²) in [5.74, 6) is 1.29. The highest BCUT2D eigenvalue weighted by molar-refractivity contribution is 5.92. The highest BCUT2D eigenvalue weighted by Crippen LogP contribution is 2.18. The van der Waals surface area contributed by atoms with Crippen molar-refractivity contribution in [2.75, 3.05) is 13.1 Å². The minimum Gasteiger partial charge on any atom is -0.361 e. The van der Waals surface area contributed by atoms with Gasteiger partial charge in [0.25, 0.3) is 5.91 Å². The van der Waals surface area contributed by atoms with Crippen molar-refractivity contribution in [3.05, 3.63) is 52.9 Å². The molecule has 1 saturated heterocycles. The van der Waals surface area contributed by atoms with E-state index < -0.39 is 0 Å². The van der Waals surface area contributed by atoms with Crippen molar-refractivity contribution in [3.8, 4) is 0 Å². The first-order valence-electron chi connectivity index (χ1n) is 8.62.